The van der Waals surface area contributed by atoms with E-state index in [0.29, 0.717) is 12.6 Å². The highest BCUT2D eigenvalue weighted by molar-refractivity contribution is 5.25. The van der Waals surface area contributed by atoms with Crippen molar-refractivity contribution in [2.24, 2.45) is 0 Å². The first kappa shape index (κ1) is 11.8. The van der Waals surface area contributed by atoms with Crippen LogP contribution in [-0.4, -0.2) is 41.3 Å². The quantitative estimate of drug-likeness (QED) is 0.820. The van der Waals surface area contributed by atoms with Crippen LogP contribution in [0.5, 0.6) is 0 Å². The molecular formula is C12H17FN4O. The van der Waals surface area contributed by atoms with E-state index in [1.807, 2.05) is 0 Å². The van der Waals surface area contributed by atoms with Gasteiger partial charge in [0.05, 0.1) is 30.6 Å². The zero-order valence-corrected chi connectivity index (χ0v) is 10.2. The number of ether oxygens (including phenoxy) is 1. The number of nitrogens with one attached hydrogen (secondary N) is 2. The van der Waals surface area contributed by atoms with Gasteiger partial charge in [-0.25, -0.2) is 14.4 Å². The number of nitrogens with zero attached hydrogens (tertiary/aromatic N) is 2. The Morgan fingerprint density at radius 2 is 2.28 bits per heavy atom. The number of halogens is 1. The molecule has 3 rings (SSSR count). The highest BCUT2D eigenvalue weighted by Gasteiger charge is 2.41. The molecule has 2 aliphatic rings. The molecule has 2 N–H and O–H groups in total. The molecule has 5 nitrogen and oxygen atoms in total. The highest BCUT2D eigenvalue weighted by atomic mass is 19.1. The normalized spacial score (nSPS) is 31.7. The Morgan fingerprint density at radius 3 is 3.00 bits per heavy atom. The molecule has 0 radical (unpaired) electrons. The number of rotatable bonds is 2. The summed E-state index contributed by atoms with van der Waals surface area (Å²) in [4.78, 5) is 7.81. The van der Waals surface area contributed by atoms with Crippen LogP contribution in [0.1, 0.15) is 19.3 Å². The molecule has 1 spiro atoms. The first-order chi connectivity index (χ1) is 8.76. The van der Waals surface area contributed by atoms with E-state index >= 15 is 0 Å². The summed E-state index contributed by atoms with van der Waals surface area (Å²) in [7, 11) is 0. The molecule has 3 heterocycles. The third-order valence-corrected chi connectivity index (χ3v) is 3.60. The molecule has 0 bridgehead atoms. The van der Waals surface area contributed by atoms with Crippen molar-refractivity contribution in [1.29, 1.82) is 0 Å². The predicted octanol–water partition coefficient (Wildman–Crippen LogP) is 0.939. The summed E-state index contributed by atoms with van der Waals surface area (Å²) in [5.74, 6) is 0.0435. The summed E-state index contributed by atoms with van der Waals surface area (Å²) in [5.41, 5.74) is -0.0318. The third kappa shape index (κ3) is 2.44. The predicted molar refractivity (Wildman–Crippen MR) is 64.8 cm³/mol. The lowest BCUT2D eigenvalue weighted by Gasteiger charge is -2.32. The van der Waals surface area contributed by atoms with E-state index < -0.39 is 5.82 Å². The van der Waals surface area contributed by atoms with Gasteiger partial charge in [-0.05, 0) is 19.4 Å². The van der Waals surface area contributed by atoms with Crippen molar-refractivity contribution in [3.05, 3.63) is 18.2 Å². The zero-order valence-electron chi connectivity index (χ0n) is 10.2. The Kier molecular flexibility index (Phi) is 3.13. The van der Waals surface area contributed by atoms with Crippen LogP contribution in [0.4, 0.5) is 10.3 Å². The van der Waals surface area contributed by atoms with Gasteiger partial charge in [0, 0.05) is 13.0 Å². The molecule has 0 aromatic carbocycles. The third-order valence-electron chi connectivity index (χ3n) is 3.60. The van der Waals surface area contributed by atoms with Gasteiger partial charge in [0.2, 0.25) is 5.95 Å². The summed E-state index contributed by atoms with van der Waals surface area (Å²) in [6, 6.07) is 0.204. The molecule has 1 aromatic rings. The topological polar surface area (TPSA) is 59.1 Å². The lowest BCUT2D eigenvalue weighted by Crippen LogP contribution is -2.45. The van der Waals surface area contributed by atoms with Gasteiger partial charge in [-0.15, -0.1) is 0 Å². The summed E-state index contributed by atoms with van der Waals surface area (Å²) in [6.07, 6.45) is 5.54. The minimum Gasteiger partial charge on any atom is -0.371 e. The van der Waals surface area contributed by atoms with Crippen molar-refractivity contribution < 1.29 is 9.13 Å². The molecule has 2 saturated heterocycles. The van der Waals surface area contributed by atoms with Crippen LogP contribution in [0.15, 0.2) is 12.4 Å². The van der Waals surface area contributed by atoms with Gasteiger partial charge in [0.15, 0.2) is 5.82 Å². The maximum absolute atomic E-state index is 12.7. The van der Waals surface area contributed by atoms with E-state index in [2.05, 4.69) is 20.6 Å². The largest absolute Gasteiger partial charge is 0.371 e. The lowest BCUT2D eigenvalue weighted by molar-refractivity contribution is -0.0138. The molecular weight excluding hydrogens is 235 g/mol. The zero-order chi connectivity index (χ0) is 12.4. The van der Waals surface area contributed by atoms with Crippen molar-refractivity contribution in [1.82, 2.24) is 15.3 Å². The van der Waals surface area contributed by atoms with Gasteiger partial charge in [0.1, 0.15) is 0 Å². The summed E-state index contributed by atoms with van der Waals surface area (Å²) >= 11 is 0. The summed E-state index contributed by atoms with van der Waals surface area (Å²) in [6.45, 7) is 2.64. The average molecular weight is 252 g/mol. The average Bonchev–Trinajstić information content (AvgIpc) is 2.76. The molecule has 6 heteroatoms. The Hall–Kier alpha value is -1.27. The van der Waals surface area contributed by atoms with E-state index in [4.69, 9.17) is 4.74 Å². The number of piperidine rings is 1. The van der Waals surface area contributed by atoms with E-state index in [1.165, 1.54) is 12.4 Å². The van der Waals surface area contributed by atoms with Gasteiger partial charge < -0.3 is 15.4 Å². The van der Waals surface area contributed by atoms with E-state index in [1.54, 1.807) is 0 Å². The molecule has 98 valence electrons. The Bertz CT molecular complexity index is 405. The Morgan fingerprint density at radius 1 is 1.44 bits per heavy atom. The number of hydrogen-bond acceptors (Lipinski definition) is 5. The highest BCUT2D eigenvalue weighted by Crippen LogP contribution is 2.32. The molecule has 0 unspecified atom stereocenters. The molecule has 1 aromatic heterocycles. The second-order valence-electron chi connectivity index (χ2n) is 5.04. The van der Waals surface area contributed by atoms with Crippen LogP contribution in [-0.2, 0) is 4.74 Å². The second kappa shape index (κ2) is 4.78. The van der Waals surface area contributed by atoms with Gasteiger partial charge in [-0.2, -0.15) is 0 Å². The molecule has 0 saturated carbocycles. The fourth-order valence-corrected chi connectivity index (χ4v) is 2.74. The molecule has 0 aliphatic carbocycles. The summed E-state index contributed by atoms with van der Waals surface area (Å²) in [5, 5.41) is 6.57. The first-order valence-corrected chi connectivity index (χ1v) is 6.35. The van der Waals surface area contributed by atoms with E-state index in [9.17, 15) is 4.39 Å². The van der Waals surface area contributed by atoms with Crippen LogP contribution < -0.4 is 10.6 Å². The van der Waals surface area contributed by atoms with Gasteiger partial charge in [0.25, 0.3) is 0 Å². The maximum Gasteiger partial charge on any atom is 0.223 e. The number of aromatic nitrogens is 2. The molecule has 0 amide bonds. The Labute approximate surface area is 105 Å². The fourth-order valence-electron chi connectivity index (χ4n) is 2.74. The van der Waals surface area contributed by atoms with Crippen LogP contribution in [0.3, 0.4) is 0 Å². The minimum atomic E-state index is -0.420. The van der Waals surface area contributed by atoms with Gasteiger partial charge >= 0.3 is 0 Å². The van der Waals surface area contributed by atoms with Crippen LogP contribution in [0.2, 0.25) is 0 Å². The van der Waals surface area contributed by atoms with E-state index in [-0.39, 0.29) is 11.6 Å². The van der Waals surface area contributed by atoms with Crippen LogP contribution in [0, 0.1) is 5.82 Å². The SMILES string of the molecule is Fc1cnc(N[C@@H]2CO[C@]3(CCCNC3)C2)nc1. The first-order valence-electron chi connectivity index (χ1n) is 6.35. The van der Waals surface area contributed by atoms with Crippen molar-refractivity contribution in [3.63, 3.8) is 0 Å². The van der Waals surface area contributed by atoms with E-state index in [0.717, 1.165) is 32.4 Å². The molecule has 2 aliphatic heterocycles. The lowest BCUT2D eigenvalue weighted by atomic mass is 9.90. The standard InChI is InChI=1S/C12H17FN4O/c13-9-5-15-11(16-6-9)17-10-4-12(18-7-10)2-1-3-14-8-12/h5-6,10,14H,1-4,7-8H2,(H,15,16,17)/t10-,12+/m0/s1. The monoisotopic (exact) mass is 252 g/mol. The summed E-state index contributed by atoms with van der Waals surface area (Å²) < 4.78 is 18.6. The van der Waals surface area contributed by atoms with Crippen molar-refractivity contribution in [3.8, 4) is 0 Å². The molecule has 2 atom stereocenters. The Balaban J connectivity index is 1.60. The van der Waals surface area contributed by atoms with Crippen molar-refractivity contribution in [2.75, 3.05) is 25.0 Å². The number of anilines is 1. The fraction of sp³-hybridized carbons (Fsp3) is 0.667. The molecule has 2 fully saturated rings. The smallest absolute Gasteiger partial charge is 0.223 e. The van der Waals surface area contributed by atoms with Crippen LogP contribution >= 0.6 is 0 Å². The van der Waals surface area contributed by atoms with Crippen LogP contribution in [0.25, 0.3) is 0 Å². The minimum absolute atomic E-state index is 0.0318. The van der Waals surface area contributed by atoms with Gasteiger partial charge in [-0.1, -0.05) is 0 Å². The maximum atomic E-state index is 12.7. The van der Waals surface area contributed by atoms with Crippen molar-refractivity contribution in [2.45, 2.75) is 30.9 Å². The molecule has 18 heavy (non-hydrogen) atoms. The second-order valence-corrected chi connectivity index (χ2v) is 5.04. The van der Waals surface area contributed by atoms with Crippen molar-refractivity contribution >= 4 is 5.95 Å². The van der Waals surface area contributed by atoms with Gasteiger partial charge in [-0.3, -0.25) is 0 Å². The number of hydrogen-bond donors (Lipinski definition) is 2.